The zero-order valence-corrected chi connectivity index (χ0v) is 18.1. The lowest BCUT2D eigenvalue weighted by Crippen LogP contribution is -3.15. The third-order valence-corrected chi connectivity index (χ3v) is 8.88. The van der Waals surface area contributed by atoms with Crippen LogP contribution >= 0.6 is 11.3 Å². The maximum absolute atomic E-state index is 12.6. The fraction of sp³-hybridized carbons (Fsp3) is 0.667. The standard InChI is InChI=1S/C18H27N5O3S2/c1-3-22(4-2)28(25,26)23-10-8-21(9-11-23)13-17(24)20-18-15(12-19)14-6-5-7-16(14)27-18/h3-11,13H2,1-2H3,(H,20,24)/p+1. The van der Waals surface area contributed by atoms with E-state index in [0.717, 1.165) is 29.7 Å². The molecule has 154 valence electrons. The molecule has 8 nitrogen and oxygen atoms in total. The third-order valence-electron chi connectivity index (χ3n) is 5.48. The summed E-state index contributed by atoms with van der Waals surface area (Å²) < 4.78 is 28.2. The highest BCUT2D eigenvalue weighted by atomic mass is 32.2. The van der Waals surface area contributed by atoms with Crippen LogP contribution in [0.15, 0.2) is 0 Å². The van der Waals surface area contributed by atoms with Crippen molar-refractivity contribution in [2.45, 2.75) is 33.1 Å². The van der Waals surface area contributed by atoms with Crippen LogP contribution in [0.25, 0.3) is 0 Å². The molecule has 2 heterocycles. The van der Waals surface area contributed by atoms with Gasteiger partial charge < -0.3 is 10.2 Å². The van der Waals surface area contributed by atoms with Crippen molar-refractivity contribution in [2.24, 2.45) is 0 Å². The number of hydrogen-bond acceptors (Lipinski definition) is 5. The first-order valence-electron chi connectivity index (χ1n) is 9.83. The Bertz CT molecular complexity index is 863. The molecule has 1 saturated heterocycles. The summed E-state index contributed by atoms with van der Waals surface area (Å²) in [7, 11) is -3.41. The van der Waals surface area contributed by atoms with Gasteiger partial charge in [0.05, 0.1) is 31.7 Å². The molecule has 2 N–H and O–H groups in total. The number of amides is 1. The summed E-state index contributed by atoms with van der Waals surface area (Å²) >= 11 is 1.52. The maximum atomic E-state index is 12.6. The first-order chi connectivity index (χ1) is 13.4. The largest absolute Gasteiger partial charge is 0.325 e. The van der Waals surface area contributed by atoms with Gasteiger partial charge in [-0.05, 0) is 24.8 Å². The molecule has 1 aromatic rings. The minimum absolute atomic E-state index is 0.119. The van der Waals surface area contributed by atoms with E-state index in [4.69, 9.17) is 0 Å². The Kier molecular flexibility index (Phi) is 6.73. The van der Waals surface area contributed by atoms with Crippen LogP contribution in [-0.4, -0.2) is 68.7 Å². The second kappa shape index (κ2) is 8.88. The highest BCUT2D eigenvalue weighted by Gasteiger charge is 2.33. The summed E-state index contributed by atoms with van der Waals surface area (Å²) in [5.74, 6) is -0.119. The van der Waals surface area contributed by atoms with Gasteiger partial charge in [0.1, 0.15) is 11.1 Å². The van der Waals surface area contributed by atoms with Crippen LogP contribution in [0.3, 0.4) is 0 Å². The van der Waals surface area contributed by atoms with Gasteiger partial charge in [0.25, 0.3) is 16.1 Å². The third kappa shape index (κ3) is 4.23. The van der Waals surface area contributed by atoms with Crippen molar-refractivity contribution in [1.82, 2.24) is 8.61 Å². The molecule has 0 radical (unpaired) electrons. The number of nitrogens with one attached hydrogen (secondary N) is 2. The van der Waals surface area contributed by atoms with Crippen LogP contribution in [0.5, 0.6) is 0 Å². The Hall–Kier alpha value is -1.51. The number of carbonyl (C=O) groups excluding carboxylic acids is 1. The molecular weight excluding hydrogens is 398 g/mol. The van der Waals surface area contributed by atoms with Crippen LogP contribution in [-0.2, 0) is 27.8 Å². The smallest absolute Gasteiger partial charge is 0.282 e. The lowest BCUT2D eigenvalue weighted by molar-refractivity contribution is -0.895. The van der Waals surface area contributed by atoms with Crippen molar-refractivity contribution < 1.29 is 18.1 Å². The maximum Gasteiger partial charge on any atom is 0.282 e. The van der Waals surface area contributed by atoms with Gasteiger partial charge in [-0.25, -0.2) is 0 Å². The van der Waals surface area contributed by atoms with E-state index < -0.39 is 10.2 Å². The number of quaternary nitrogens is 1. The van der Waals surface area contributed by atoms with Gasteiger partial charge in [0, 0.05) is 18.0 Å². The zero-order valence-electron chi connectivity index (χ0n) is 16.5. The van der Waals surface area contributed by atoms with Gasteiger partial charge in [-0.2, -0.15) is 22.3 Å². The molecule has 0 saturated carbocycles. The van der Waals surface area contributed by atoms with E-state index >= 15 is 0 Å². The number of anilines is 1. The Morgan fingerprint density at radius 2 is 1.96 bits per heavy atom. The van der Waals surface area contributed by atoms with Crippen molar-refractivity contribution >= 4 is 32.5 Å². The lowest BCUT2D eigenvalue weighted by atomic mass is 10.1. The second-order valence-corrected chi connectivity index (χ2v) is 10.2. The van der Waals surface area contributed by atoms with E-state index in [0.29, 0.717) is 49.8 Å². The Balaban J connectivity index is 1.54. The number of hydrogen-bond donors (Lipinski definition) is 2. The van der Waals surface area contributed by atoms with E-state index in [1.807, 2.05) is 13.8 Å². The van der Waals surface area contributed by atoms with Crippen molar-refractivity contribution in [3.8, 4) is 6.07 Å². The SMILES string of the molecule is CCN(CC)S(=O)(=O)N1CC[NH+](CC(=O)Nc2sc3c(c2C#N)CCC3)CC1. The van der Waals surface area contributed by atoms with Crippen LogP contribution in [0, 0.1) is 11.3 Å². The number of fused-ring (bicyclic) bond motifs is 1. The normalized spacial score (nSPS) is 18.2. The summed E-state index contributed by atoms with van der Waals surface area (Å²) in [6.45, 7) is 6.90. The quantitative estimate of drug-likeness (QED) is 0.633. The van der Waals surface area contributed by atoms with E-state index in [9.17, 15) is 18.5 Å². The molecule has 2 aliphatic rings. The molecule has 0 spiro atoms. The summed E-state index contributed by atoms with van der Waals surface area (Å²) in [5.41, 5.74) is 1.72. The molecular formula is C18H28N5O3S2+. The average molecular weight is 427 g/mol. The number of piperazine rings is 1. The highest BCUT2D eigenvalue weighted by molar-refractivity contribution is 7.86. The van der Waals surface area contributed by atoms with Crippen LogP contribution in [0.2, 0.25) is 0 Å². The van der Waals surface area contributed by atoms with E-state index in [1.165, 1.54) is 24.8 Å². The Morgan fingerprint density at radius 1 is 1.29 bits per heavy atom. The molecule has 28 heavy (non-hydrogen) atoms. The molecule has 0 bridgehead atoms. The molecule has 0 atom stereocenters. The van der Waals surface area contributed by atoms with Gasteiger partial charge in [-0.1, -0.05) is 13.8 Å². The highest BCUT2D eigenvalue weighted by Crippen LogP contribution is 2.38. The van der Waals surface area contributed by atoms with E-state index in [2.05, 4.69) is 11.4 Å². The zero-order chi connectivity index (χ0) is 20.3. The van der Waals surface area contributed by atoms with Crippen molar-refractivity contribution in [1.29, 1.82) is 5.26 Å². The summed E-state index contributed by atoms with van der Waals surface area (Å²) in [6.07, 6.45) is 2.98. The molecule has 1 aromatic heterocycles. The Morgan fingerprint density at radius 3 is 2.57 bits per heavy atom. The van der Waals surface area contributed by atoms with Gasteiger partial charge in [0.15, 0.2) is 6.54 Å². The van der Waals surface area contributed by atoms with Gasteiger partial charge in [-0.3, -0.25) is 4.79 Å². The number of nitriles is 1. The minimum Gasteiger partial charge on any atom is -0.325 e. The second-order valence-electron chi connectivity index (χ2n) is 7.14. The van der Waals surface area contributed by atoms with Crippen LogP contribution < -0.4 is 10.2 Å². The van der Waals surface area contributed by atoms with Gasteiger partial charge in [-0.15, -0.1) is 11.3 Å². The van der Waals surface area contributed by atoms with Gasteiger partial charge in [0.2, 0.25) is 0 Å². The number of aryl methyl sites for hydroxylation is 1. The number of rotatable bonds is 7. The van der Waals surface area contributed by atoms with Gasteiger partial charge >= 0.3 is 0 Å². The van der Waals surface area contributed by atoms with E-state index in [-0.39, 0.29) is 12.5 Å². The van der Waals surface area contributed by atoms with E-state index in [1.54, 1.807) is 0 Å². The van der Waals surface area contributed by atoms with Crippen LogP contribution in [0.1, 0.15) is 36.3 Å². The minimum atomic E-state index is -3.41. The molecule has 0 unspecified atom stereocenters. The topological polar surface area (TPSA) is 97.9 Å². The average Bonchev–Trinajstić information content (AvgIpc) is 3.23. The molecule has 10 heteroatoms. The van der Waals surface area contributed by atoms with Crippen molar-refractivity contribution in [3.63, 3.8) is 0 Å². The number of thiophene rings is 1. The Labute approximate surface area is 170 Å². The lowest BCUT2D eigenvalue weighted by Gasteiger charge is -2.34. The predicted molar refractivity (Wildman–Crippen MR) is 109 cm³/mol. The first kappa shape index (κ1) is 21.2. The molecule has 1 fully saturated rings. The first-order valence-corrected chi connectivity index (χ1v) is 12.0. The molecule has 3 rings (SSSR count). The summed E-state index contributed by atoms with van der Waals surface area (Å²) in [6, 6.07) is 2.24. The summed E-state index contributed by atoms with van der Waals surface area (Å²) in [5, 5.41) is 13.0. The van der Waals surface area contributed by atoms with Crippen LogP contribution in [0.4, 0.5) is 5.00 Å². The van der Waals surface area contributed by atoms with Crippen molar-refractivity contribution in [2.75, 3.05) is 51.1 Å². The fourth-order valence-electron chi connectivity index (χ4n) is 3.93. The number of carbonyl (C=O) groups is 1. The monoisotopic (exact) mass is 426 g/mol. The fourth-order valence-corrected chi connectivity index (χ4v) is 6.81. The molecule has 0 aromatic carbocycles. The van der Waals surface area contributed by atoms with Crippen molar-refractivity contribution in [3.05, 3.63) is 16.0 Å². The molecule has 1 amide bonds. The molecule has 1 aliphatic carbocycles. The number of nitrogens with zero attached hydrogens (tertiary/aromatic N) is 3. The molecule has 1 aliphatic heterocycles. The summed E-state index contributed by atoms with van der Waals surface area (Å²) in [4.78, 5) is 14.8. The predicted octanol–water partition coefficient (Wildman–Crippen LogP) is -0.166.